The van der Waals surface area contributed by atoms with Crippen LogP contribution in [-0.2, 0) is 16.1 Å². The Morgan fingerprint density at radius 1 is 1.25 bits per heavy atom. The van der Waals surface area contributed by atoms with E-state index in [9.17, 15) is 9.59 Å². The van der Waals surface area contributed by atoms with Crippen LogP contribution in [0.1, 0.15) is 26.3 Å². The molecule has 0 aromatic heterocycles. The predicted molar refractivity (Wildman–Crippen MR) is 90.5 cm³/mol. The van der Waals surface area contributed by atoms with Crippen molar-refractivity contribution in [3.8, 4) is 0 Å². The molecule has 24 heavy (non-hydrogen) atoms. The van der Waals surface area contributed by atoms with Gasteiger partial charge in [0.15, 0.2) is 0 Å². The number of hydrogen-bond acceptors (Lipinski definition) is 4. The van der Waals surface area contributed by atoms with Crippen LogP contribution in [0.5, 0.6) is 0 Å². The fourth-order valence-electron chi connectivity index (χ4n) is 2.21. The molecule has 0 bridgehead atoms. The van der Waals surface area contributed by atoms with Crippen molar-refractivity contribution in [3.05, 3.63) is 48.0 Å². The second kappa shape index (κ2) is 7.86. The highest BCUT2D eigenvalue weighted by Crippen LogP contribution is 2.12. The van der Waals surface area contributed by atoms with Crippen molar-refractivity contribution in [2.24, 2.45) is 0 Å². The summed E-state index contributed by atoms with van der Waals surface area (Å²) in [6.07, 6.45) is 2.77. The average Bonchev–Trinajstić information content (AvgIpc) is 2.52. The average molecular weight is 332 g/mol. The van der Waals surface area contributed by atoms with E-state index in [0.29, 0.717) is 13.1 Å². The molecule has 2 amide bonds. The lowest BCUT2D eigenvalue weighted by atomic mass is 10.2. The Labute approximate surface area is 142 Å². The first-order valence-corrected chi connectivity index (χ1v) is 7.95. The Morgan fingerprint density at radius 3 is 2.62 bits per heavy atom. The van der Waals surface area contributed by atoms with Gasteiger partial charge >= 0.3 is 12.2 Å². The van der Waals surface area contributed by atoms with Gasteiger partial charge in [-0.2, -0.15) is 0 Å². The number of amides is 2. The molecule has 1 N–H and O–H groups in total. The van der Waals surface area contributed by atoms with E-state index in [4.69, 9.17) is 9.47 Å². The lowest BCUT2D eigenvalue weighted by Gasteiger charge is -2.31. The van der Waals surface area contributed by atoms with Gasteiger partial charge in [-0.25, -0.2) is 9.59 Å². The van der Waals surface area contributed by atoms with E-state index in [2.05, 4.69) is 5.32 Å². The molecule has 1 aliphatic heterocycles. The molecule has 0 saturated carbocycles. The highest BCUT2D eigenvalue weighted by Gasteiger charge is 2.26. The normalized spacial score (nSPS) is 17.3. The molecule has 1 aliphatic rings. The molecule has 1 aromatic carbocycles. The van der Waals surface area contributed by atoms with E-state index in [-0.39, 0.29) is 12.6 Å². The summed E-state index contributed by atoms with van der Waals surface area (Å²) in [6.45, 7) is 6.49. The first kappa shape index (κ1) is 17.8. The van der Waals surface area contributed by atoms with E-state index in [1.807, 2.05) is 63.3 Å². The van der Waals surface area contributed by atoms with Crippen LogP contribution in [0.4, 0.5) is 9.59 Å². The SMILES string of the molecule is CC(C)(C)OC(=O)N1CC=CC(NC(=O)OCc2ccccc2)C1. The van der Waals surface area contributed by atoms with Crippen LogP contribution >= 0.6 is 0 Å². The maximum Gasteiger partial charge on any atom is 0.410 e. The maximum atomic E-state index is 12.1. The Balaban J connectivity index is 1.80. The number of rotatable bonds is 3. The fourth-order valence-corrected chi connectivity index (χ4v) is 2.21. The molecule has 1 unspecified atom stereocenters. The van der Waals surface area contributed by atoms with Gasteiger partial charge < -0.3 is 19.7 Å². The summed E-state index contributed by atoms with van der Waals surface area (Å²) >= 11 is 0. The van der Waals surface area contributed by atoms with Crippen molar-refractivity contribution in [1.82, 2.24) is 10.2 Å². The summed E-state index contributed by atoms with van der Waals surface area (Å²) in [5, 5.41) is 2.74. The summed E-state index contributed by atoms with van der Waals surface area (Å²) in [4.78, 5) is 25.5. The fraction of sp³-hybridized carbons (Fsp3) is 0.444. The van der Waals surface area contributed by atoms with Crippen LogP contribution in [0.15, 0.2) is 42.5 Å². The van der Waals surface area contributed by atoms with E-state index >= 15 is 0 Å². The minimum absolute atomic E-state index is 0.207. The molecule has 0 fully saturated rings. The van der Waals surface area contributed by atoms with Crippen molar-refractivity contribution in [2.45, 2.75) is 39.0 Å². The van der Waals surface area contributed by atoms with Crippen LogP contribution in [0.3, 0.4) is 0 Å². The van der Waals surface area contributed by atoms with Crippen molar-refractivity contribution < 1.29 is 19.1 Å². The zero-order valence-corrected chi connectivity index (χ0v) is 14.3. The number of carbonyl (C=O) groups excluding carboxylic acids is 2. The van der Waals surface area contributed by atoms with Gasteiger partial charge in [0.2, 0.25) is 0 Å². The lowest BCUT2D eigenvalue weighted by Crippen LogP contribution is -2.48. The smallest absolute Gasteiger partial charge is 0.410 e. The summed E-state index contributed by atoms with van der Waals surface area (Å²) in [5.74, 6) is 0. The highest BCUT2D eigenvalue weighted by atomic mass is 16.6. The second-order valence-corrected chi connectivity index (χ2v) is 6.63. The number of ether oxygens (including phenoxy) is 2. The zero-order valence-electron chi connectivity index (χ0n) is 14.3. The Hall–Kier alpha value is -2.50. The lowest BCUT2D eigenvalue weighted by molar-refractivity contribution is 0.0251. The van der Waals surface area contributed by atoms with Crippen molar-refractivity contribution in [1.29, 1.82) is 0 Å². The topological polar surface area (TPSA) is 67.9 Å². The molecule has 1 heterocycles. The van der Waals surface area contributed by atoms with Gasteiger partial charge in [0, 0.05) is 13.1 Å². The maximum absolute atomic E-state index is 12.1. The molecule has 1 atom stereocenters. The Morgan fingerprint density at radius 2 is 1.96 bits per heavy atom. The number of benzene rings is 1. The van der Waals surface area contributed by atoms with E-state index < -0.39 is 17.8 Å². The van der Waals surface area contributed by atoms with Crippen LogP contribution < -0.4 is 5.32 Å². The quantitative estimate of drug-likeness (QED) is 0.864. The summed E-state index contributed by atoms with van der Waals surface area (Å²) in [5.41, 5.74) is 0.373. The molecule has 0 radical (unpaired) electrons. The van der Waals surface area contributed by atoms with Crippen LogP contribution in [-0.4, -0.2) is 41.8 Å². The third-order valence-corrected chi connectivity index (χ3v) is 3.28. The molecular formula is C18H24N2O4. The number of nitrogens with zero attached hydrogens (tertiary/aromatic N) is 1. The molecule has 6 nitrogen and oxygen atoms in total. The summed E-state index contributed by atoms with van der Waals surface area (Å²) in [7, 11) is 0. The second-order valence-electron chi connectivity index (χ2n) is 6.63. The number of hydrogen-bond donors (Lipinski definition) is 1. The monoisotopic (exact) mass is 332 g/mol. The largest absolute Gasteiger partial charge is 0.445 e. The van der Waals surface area contributed by atoms with Crippen LogP contribution in [0.2, 0.25) is 0 Å². The zero-order chi connectivity index (χ0) is 17.6. The van der Waals surface area contributed by atoms with Crippen molar-refractivity contribution in [2.75, 3.05) is 13.1 Å². The molecule has 0 aliphatic carbocycles. The Kier molecular flexibility index (Phi) is 5.84. The first-order chi connectivity index (χ1) is 11.3. The molecule has 6 heteroatoms. The van der Waals surface area contributed by atoms with E-state index in [1.165, 1.54) is 0 Å². The summed E-state index contributed by atoms with van der Waals surface area (Å²) in [6, 6.07) is 9.16. The predicted octanol–water partition coefficient (Wildman–Crippen LogP) is 3.09. The standard InChI is InChI=1S/C18H24N2O4/c1-18(2,3)24-17(22)20-11-7-10-15(12-20)19-16(21)23-13-14-8-5-4-6-9-14/h4-10,15H,11-13H2,1-3H3,(H,19,21). The van der Waals surface area contributed by atoms with Gasteiger partial charge in [0.25, 0.3) is 0 Å². The molecule has 0 saturated heterocycles. The highest BCUT2D eigenvalue weighted by molar-refractivity contribution is 5.70. The number of nitrogens with one attached hydrogen (secondary N) is 1. The third kappa shape index (κ3) is 5.95. The minimum atomic E-state index is -0.546. The van der Waals surface area contributed by atoms with Gasteiger partial charge in [-0.15, -0.1) is 0 Å². The third-order valence-electron chi connectivity index (χ3n) is 3.28. The Bertz CT molecular complexity index is 593. The van der Waals surface area contributed by atoms with Gasteiger partial charge in [-0.3, -0.25) is 0 Å². The van der Waals surface area contributed by atoms with Gasteiger partial charge in [0.1, 0.15) is 12.2 Å². The molecule has 1 aromatic rings. The summed E-state index contributed by atoms with van der Waals surface area (Å²) < 4.78 is 10.5. The van der Waals surface area contributed by atoms with Gasteiger partial charge in [0.05, 0.1) is 6.04 Å². The first-order valence-electron chi connectivity index (χ1n) is 7.95. The van der Waals surface area contributed by atoms with Gasteiger partial charge in [-0.05, 0) is 26.3 Å². The molecule has 2 rings (SSSR count). The van der Waals surface area contributed by atoms with E-state index in [1.54, 1.807) is 4.90 Å². The van der Waals surface area contributed by atoms with Crippen LogP contribution in [0, 0.1) is 0 Å². The van der Waals surface area contributed by atoms with E-state index in [0.717, 1.165) is 5.56 Å². The molecule has 130 valence electrons. The molecule has 0 spiro atoms. The molecular weight excluding hydrogens is 308 g/mol. The number of alkyl carbamates (subject to hydrolysis) is 1. The van der Waals surface area contributed by atoms with Crippen molar-refractivity contribution in [3.63, 3.8) is 0 Å². The van der Waals surface area contributed by atoms with Crippen molar-refractivity contribution >= 4 is 12.2 Å². The van der Waals surface area contributed by atoms with Crippen LogP contribution in [0.25, 0.3) is 0 Å². The van der Waals surface area contributed by atoms with Gasteiger partial charge in [-0.1, -0.05) is 42.5 Å². The number of carbonyl (C=O) groups is 2. The minimum Gasteiger partial charge on any atom is -0.445 e.